The molecule has 4 nitrogen and oxygen atoms in total. The average Bonchev–Trinajstić information content (AvgIpc) is 3.00. The van der Waals surface area contributed by atoms with Crippen molar-refractivity contribution in [2.24, 2.45) is 5.92 Å². The third kappa shape index (κ3) is 2.66. The second kappa shape index (κ2) is 4.74. The van der Waals surface area contributed by atoms with Gasteiger partial charge in [0.15, 0.2) is 0 Å². The number of thiophene rings is 1. The third-order valence-electron chi connectivity index (χ3n) is 2.48. The Morgan fingerprint density at radius 3 is 3.06 bits per heavy atom. The molecule has 0 amide bonds. The van der Waals surface area contributed by atoms with E-state index in [4.69, 9.17) is 10.5 Å². The lowest BCUT2D eigenvalue weighted by molar-refractivity contribution is 0.0533. The summed E-state index contributed by atoms with van der Waals surface area (Å²) in [7, 11) is 0. The van der Waals surface area contributed by atoms with Crippen molar-refractivity contribution in [3.63, 3.8) is 0 Å². The lowest BCUT2D eigenvalue weighted by Gasteiger charge is -2.00. The Labute approximate surface area is 98.8 Å². The van der Waals surface area contributed by atoms with Crippen LogP contribution in [-0.4, -0.2) is 19.1 Å². The molecular weight excluding hydrogens is 224 g/mol. The number of carbonyl (C=O) groups is 1. The molecule has 0 bridgehead atoms. The number of esters is 1. The highest BCUT2D eigenvalue weighted by molar-refractivity contribution is 7.18. The minimum atomic E-state index is -0.329. The Bertz CT molecular complexity index is 385. The first-order valence-corrected chi connectivity index (χ1v) is 6.32. The van der Waals surface area contributed by atoms with Crippen molar-refractivity contribution in [1.82, 2.24) is 0 Å². The van der Waals surface area contributed by atoms with Gasteiger partial charge in [0, 0.05) is 6.54 Å². The van der Waals surface area contributed by atoms with Crippen molar-refractivity contribution >= 4 is 28.0 Å². The molecule has 0 atom stereocenters. The van der Waals surface area contributed by atoms with Crippen LogP contribution in [0.1, 0.15) is 29.4 Å². The summed E-state index contributed by atoms with van der Waals surface area (Å²) in [6.45, 7) is 3.14. The van der Waals surface area contributed by atoms with Crippen LogP contribution < -0.4 is 11.1 Å². The molecule has 0 saturated heterocycles. The smallest absolute Gasteiger partial charge is 0.350 e. The fourth-order valence-corrected chi connectivity index (χ4v) is 2.30. The van der Waals surface area contributed by atoms with Crippen LogP contribution in [0.2, 0.25) is 0 Å². The first-order valence-electron chi connectivity index (χ1n) is 5.51. The third-order valence-corrected chi connectivity index (χ3v) is 3.57. The standard InChI is InChI=1S/C11H16N2O2S/c1-2-15-11(14)10-8(12)5-9(16-10)13-6-7-3-4-7/h5,7,13H,2-4,6,12H2,1H3. The molecule has 3 N–H and O–H groups in total. The Balaban J connectivity index is 1.98. The molecule has 1 saturated carbocycles. The fraction of sp³-hybridized carbons (Fsp3) is 0.545. The summed E-state index contributed by atoms with van der Waals surface area (Å²) in [6, 6.07) is 1.80. The largest absolute Gasteiger partial charge is 0.462 e. The Kier molecular flexibility index (Phi) is 3.33. The second-order valence-electron chi connectivity index (χ2n) is 3.94. The van der Waals surface area contributed by atoms with Gasteiger partial charge in [-0.15, -0.1) is 11.3 Å². The quantitative estimate of drug-likeness (QED) is 0.775. The van der Waals surface area contributed by atoms with Crippen LogP contribution in [0, 0.1) is 5.92 Å². The van der Waals surface area contributed by atoms with Gasteiger partial charge in [-0.3, -0.25) is 0 Å². The lowest BCUT2D eigenvalue weighted by atomic mass is 10.4. The van der Waals surface area contributed by atoms with E-state index in [1.165, 1.54) is 24.2 Å². The Hall–Kier alpha value is -1.23. The van der Waals surface area contributed by atoms with E-state index in [9.17, 15) is 4.79 Å². The molecule has 16 heavy (non-hydrogen) atoms. The molecule has 1 heterocycles. The number of rotatable bonds is 5. The Morgan fingerprint density at radius 2 is 2.44 bits per heavy atom. The molecule has 1 aliphatic rings. The number of hydrogen-bond donors (Lipinski definition) is 2. The zero-order valence-corrected chi connectivity index (χ0v) is 10.1. The summed E-state index contributed by atoms with van der Waals surface area (Å²) < 4.78 is 4.92. The van der Waals surface area contributed by atoms with Crippen molar-refractivity contribution in [2.75, 3.05) is 24.2 Å². The molecule has 1 aromatic heterocycles. The minimum Gasteiger partial charge on any atom is -0.462 e. The first kappa shape index (κ1) is 11.3. The van der Waals surface area contributed by atoms with Gasteiger partial charge in [0.1, 0.15) is 4.88 Å². The molecule has 88 valence electrons. The molecule has 0 aromatic carbocycles. The van der Waals surface area contributed by atoms with E-state index in [1.54, 1.807) is 13.0 Å². The second-order valence-corrected chi connectivity index (χ2v) is 4.99. The summed E-state index contributed by atoms with van der Waals surface area (Å²) in [4.78, 5) is 12.0. The van der Waals surface area contributed by atoms with Crippen LogP contribution in [0.5, 0.6) is 0 Å². The van der Waals surface area contributed by atoms with Crippen molar-refractivity contribution in [1.29, 1.82) is 0 Å². The van der Waals surface area contributed by atoms with E-state index in [1.807, 2.05) is 0 Å². The summed E-state index contributed by atoms with van der Waals surface area (Å²) in [5.74, 6) is 0.471. The monoisotopic (exact) mass is 240 g/mol. The Morgan fingerprint density at radius 1 is 1.69 bits per heavy atom. The molecule has 1 aromatic rings. The molecule has 0 unspecified atom stereocenters. The molecule has 1 aliphatic carbocycles. The SMILES string of the molecule is CCOC(=O)c1sc(NCC2CC2)cc1N. The van der Waals surface area contributed by atoms with Gasteiger partial charge in [0.2, 0.25) is 0 Å². The van der Waals surface area contributed by atoms with E-state index >= 15 is 0 Å². The van der Waals surface area contributed by atoms with Gasteiger partial charge in [-0.05, 0) is 31.7 Å². The van der Waals surface area contributed by atoms with Gasteiger partial charge >= 0.3 is 5.97 Å². The van der Waals surface area contributed by atoms with E-state index in [0.717, 1.165) is 17.5 Å². The molecule has 1 fully saturated rings. The van der Waals surface area contributed by atoms with Crippen molar-refractivity contribution < 1.29 is 9.53 Å². The van der Waals surface area contributed by atoms with Gasteiger partial charge in [-0.2, -0.15) is 0 Å². The molecule has 0 aliphatic heterocycles. The normalized spacial score (nSPS) is 14.8. The fourth-order valence-electron chi connectivity index (χ4n) is 1.42. The molecule has 0 radical (unpaired) electrons. The number of anilines is 2. The molecular formula is C11H16N2O2S. The number of ether oxygens (including phenoxy) is 1. The first-order chi connectivity index (χ1) is 7.70. The number of nitrogens with two attached hydrogens (primary N) is 1. The van der Waals surface area contributed by atoms with Gasteiger partial charge < -0.3 is 15.8 Å². The van der Waals surface area contributed by atoms with Crippen molar-refractivity contribution in [3.05, 3.63) is 10.9 Å². The topological polar surface area (TPSA) is 64.3 Å². The average molecular weight is 240 g/mol. The maximum Gasteiger partial charge on any atom is 0.350 e. The van der Waals surface area contributed by atoms with Gasteiger partial charge in [0.25, 0.3) is 0 Å². The number of nitrogen functional groups attached to an aromatic ring is 1. The highest BCUT2D eigenvalue weighted by Gasteiger charge is 2.21. The maximum atomic E-state index is 11.5. The number of nitrogens with one attached hydrogen (secondary N) is 1. The summed E-state index contributed by atoms with van der Waals surface area (Å²) >= 11 is 1.37. The maximum absolute atomic E-state index is 11.5. The highest BCUT2D eigenvalue weighted by Crippen LogP contribution is 2.33. The van der Waals surface area contributed by atoms with E-state index in [2.05, 4.69) is 5.32 Å². The minimum absolute atomic E-state index is 0.329. The summed E-state index contributed by atoms with van der Waals surface area (Å²) in [5, 5.41) is 4.25. The van der Waals surface area contributed by atoms with Crippen molar-refractivity contribution in [2.45, 2.75) is 19.8 Å². The zero-order chi connectivity index (χ0) is 11.5. The van der Waals surface area contributed by atoms with Crippen LogP contribution in [-0.2, 0) is 4.74 Å². The van der Waals surface area contributed by atoms with E-state index < -0.39 is 0 Å². The van der Waals surface area contributed by atoms with E-state index in [0.29, 0.717) is 17.2 Å². The van der Waals surface area contributed by atoms with Crippen LogP contribution in [0.4, 0.5) is 10.7 Å². The van der Waals surface area contributed by atoms with Crippen LogP contribution in [0.15, 0.2) is 6.07 Å². The predicted octanol–water partition coefficient (Wildman–Crippen LogP) is 2.33. The molecule has 0 spiro atoms. The lowest BCUT2D eigenvalue weighted by Crippen LogP contribution is -2.04. The van der Waals surface area contributed by atoms with Crippen LogP contribution in [0.25, 0.3) is 0 Å². The highest BCUT2D eigenvalue weighted by atomic mass is 32.1. The predicted molar refractivity (Wildman–Crippen MR) is 65.9 cm³/mol. The number of carbonyl (C=O) groups excluding carboxylic acids is 1. The molecule has 5 heteroatoms. The number of hydrogen-bond acceptors (Lipinski definition) is 5. The molecule has 2 rings (SSSR count). The van der Waals surface area contributed by atoms with Gasteiger partial charge in [0.05, 0.1) is 17.3 Å². The van der Waals surface area contributed by atoms with Crippen LogP contribution >= 0.6 is 11.3 Å². The van der Waals surface area contributed by atoms with Gasteiger partial charge in [-0.1, -0.05) is 0 Å². The van der Waals surface area contributed by atoms with Crippen molar-refractivity contribution in [3.8, 4) is 0 Å². The van der Waals surface area contributed by atoms with Gasteiger partial charge in [-0.25, -0.2) is 4.79 Å². The summed E-state index contributed by atoms with van der Waals surface area (Å²) in [5.41, 5.74) is 6.27. The van der Waals surface area contributed by atoms with E-state index in [-0.39, 0.29) is 5.97 Å². The zero-order valence-electron chi connectivity index (χ0n) is 9.29. The summed E-state index contributed by atoms with van der Waals surface area (Å²) in [6.07, 6.45) is 2.61. The van der Waals surface area contributed by atoms with Crippen LogP contribution in [0.3, 0.4) is 0 Å².